The number of rotatable bonds is 4. The summed E-state index contributed by atoms with van der Waals surface area (Å²) in [4.78, 5) is 29.0. The topological polar surface area (TPSA) is 100 Å². The van der Waals surface area contributed by atoms with E-state index in [0.29, 0.717) is 18.8 Å². The highest BCUT2D eigenvalue weighted by molar-refractivity contribution is 5.88. The molecule has 8 nitrogen and oxygen atoms in total. The summed E-state index contributed by atoms with van der Waals surface area (Å²) in [5.41, 5.74) is -0.618. The number of aliphatic carboxylic acids is 1. The first-order chi connectivity index (χ1) is 9.94. The Labute approximate surface area is 123 Å². The SMILES string of the molecule is CN(C(=O)Nc1ncnn1C)C1(CC(=O)O)CCCCC1. The van der Waals surface area contributed by atoms with Crippen LogP contribution in [0, 0.1) is 0 Å². The van der Waals surface area contributed by atoms with Crippen molar-refractivity contribution in [3.05, 3.63) is 6.33 Å². The van der Waals surface area contributed by atoms with E-state index in [1.165, 1.54) is 15.9 Å². The van der Waals surface area contributed by atoms with Crippen molar-refractivity contribution in [1.82, 2.24) is 19.7 Å². The quantitative estimate of drug-likeness (QED) is 0.875. The zero-order valence-electron chi connectivity index (χ0n) is 12.4. The van der Waals surface area contributed by atoms with Gasteiger partial charge in [0.25, 0.3) is 0 Å². The minimum Gasteiger partial charge on any atom is -0.481 e. The molecule has 116 valence electrons. The average Bonchev–Trinajstić information content (AvgIpc) is 2.83. The van der Waals surface area contributed by atoms with Crippen LogP contribution in [-0.4, -0.2) is 49.4 Å². The molecule has 1 fully saturated rings. The van der Waals surface area contributed by atoms with E-state index in [1.807, 2.05) is 0 Å². The number of anilines is 1. The van der Waals surface area contributed by atoms with Crippen molar-refractivity contribution >= 4 is 17.9 Å². The van der Waals surface area contributed by atoms with Crippen molar-refractivity contribution in [1.29, 1.82) is 0 Å². The smallest absolute Gasteiger partial charge is 0.324 e. The molecule has 1 aliphatic carbocycles. The van der Waals surface area contributed by atoms with Crippen LogP contribution in [0.15, 0.2) is 6.33 Å². The number of amides is 2. The van der Waals surface area contributed by atoms with Crippen LogP contribution >= 0.6 is 0 Å². The van der Waals surface area contributed by atoms with Crippen molar-refractivity contribution in [2.45, 2.75) is 44.1 Å². The van der Waals surface area contributed by atoms with Crippen LogP contribution < -0.4 is 5.32 Å². The van der Waals surface area contributed by atoms with Crippen LogP contribution in [0.25, 0.3) is 0 Å². The molecule has 1 aromatic rings. The summed E-state index contributed by atoms with van der Waals surface area (Å²) in [6.45, 7) is 0. The largest absolute Gasteiger partial charge is 0.481 e. The predicted molar refractivity (Wildman–Crippen MR) is 75.9 cm³/mol. The van der Waals surface area contributed by atoms with Gasteiger partial charge >= 0.3 is 12.0 Å². The van der Waals surface area contributed by atoms with Gasteiger partial charge in [-0.1, -0.05) is 19.3 Å². The third kappa shape index (κ3) is 3.32. The third-order valence-electron chi connectivity index (χ3n) is 4.21. The van der Waals surface area contributed by atoms with Crippen LogP contribution in [0.1, 0.15) is 38.5 Å². The van der Waals surface area contributed by atoms with Crippen LogP contribution in [0.4, 0.5) is 10.7 Å². The summed E-state index contributed by atoms with van der Waals surface area (Å²) in [6, 6.07) is -0.353. The normalized spacial score (nSPS) is 17.2. The molecule has 8 heteroatoms. The first-order valence-electron chi connectivity index (χ1n) is 7.05. The van der Waals surface area contributed by atoms with Gasteiger partial charge in [-0.15, -0.1) is 0 Å². The Hall–Kier alpha value is -2.12. The van der Waals surface area contributed by atoms with Gasteiger partial charge in [-0.2, -0.15) is 10.1 Å². The van der Waals surface area contributed by atoms with E-state index in [4.69, 9.17) is 0 Å². The molecule has 2 rings (SSSR count). The van der Waals surface area contributed by atoms with Gasteiger partial charge in [0.05, 0.1) is 12.0 Å². The van der Waals surface area contributed by atoms with E-state index < -0.39 is 11.5 Å². The minimum atomic E-state index is -0.879. The highest BCUT2D eigenvalue weighted by Crippen LogP contribution is 2.36. The number of nitrogens with one attached hydrogen (secondary N) is 1. The highest BCUT2D eigenvalue weighted by atomic mass is 16.4. The molecule has 0 spiro atoms. The molecule has 0 saturated heterocycles. The zero-order chi connectivity index (χ0) is 15.5. The Kier molecular flexibility index (Phi) is 4.44. The molecule has 1 aromatic heterocycles. The molecule has 1 heterocycles. The van der Waals surface area contributed by atoms with Gasteiger partial charge in [-0.05, 0) is 12.8 Å². The Bertz CT molecular complexity index is 522. The van der Waals surface area contributed by atoms with Gasteiger partial charge in [-0.3, -0.25) is 10.1 Å². The van der Waals surface area contributed by atoms with Gasteiger partial charge in [0.15, 0.2) is 0 Å². The van der Waals surface area contributed by atoms with Crippen LogP contribution in [0.2, 0.25) is 0 Å². The van der Waals surface area contributed by atoms with Crippen molar-refractivity contribution in [3.8, 4) is 0 Å². The summed E-state index contributed by atoms with van der Waals surface area (Å²) < 4.78 is 1.45. The van der Waals surface area contributed by atoms with E-state index >= 15 is 0 Å². The van der Waals surface area contributed by atoms with Gasteiger partial charge in [0.1, 0.15) is 6.33 Å². The summed E-state index contributed by atoms with van der Waals surface area (Å²) in [5.74, 6) is -0.539. The van der Waals surface area contributed by atoms with Crippen molar-refractivity contribution in [2.75, 3.05) is 12.4 Å². The number of hydrogen-bond acceptors (Lipinski definition) is 4. The predicted octanol–water partition coefficient (Wildman–Crippen LogP) is 1.46. The Morgan fingerprint density at radius 1 is 1.43 bits per heavy atom. The van der Waals surface area contributed by atoms with Crippen molar-refractivity contribution in [3.63, 3.8) is 0 Å². The lowest BCUT2D eigenvalue weighted by Crippen LogP contribution is -2.53. The number of carboxylic acids is 1. The van der Waals surface area contributed by atoms with Crippen molar-refractivity contribution < 1.29 is 14.7 Å². The molecule has 0 bridgehead atoms. The van der Waals surface area contributed by atoms with E-state index in [-0.39, 0.29) is 12.5 Å². The molecule has 0 atom stereocenters. The number of aromatic nitrogens is 3. The fraction of sp³-hybridized carbons (Fsp3) is 0.692. The molecule has 0 aromatic carbocycles. The van der Waals surface area contributed by atoms with Crippen LogP contribution in [0.3, 0.4) is 0 Å². The van der Waals surface area contributed by atoms with Crippen molar-refractivity contribution in [2.24, 2.45) is 7.05 Å². The lowest BCUT2D eigenvalue weighted by atomic mass is 9.78. The number of carboxylic acid groups (broad SMARTS) is 1. The van der Waals surface area contributed by atoms with Crippen LogP contribution in [-0.2, 0) is 11.8 Å². The second kappa shape index (κ2) is 6.11. The summed E-state index contributed by atoms with van der Waals surface area (Å²) in [7, 11) is 3.33. The van der Waals surface area contributed by atoms with Crippen LogP contribution in [0.5, 0.6) is 0 Å². The molecule has 2 amide bonds. The Morgan fingerprint density at radius 2 is 2.10 bits per heavy atom. The van der Waals surface area contributed by atoms with Gasteiger partial charge in [0, 0.05) is 14.1 Å². The fourth-order valence-electron chi connectivity index (χ4n) is 2.93. The molecule has 1 aliphatic rings. The zero-order valence-corrected chi connectivity index (χ0v) is 12.4. The maximum absolute atomic E-state index is 12.4. The molecule has 0 aliphatic heterocycles. The fourth-order valence-corrected chi connectivity index (χ4v) is 2.93. The number of carbonyl (C=O) groups excluding carboxylic acids is 1. The molecular weight excluding hydrogens is 274 g/mol. The number of hydrogen-bond donors (Lipinski definition) is 2. The maximum atomic E-state index is 12.4. The number of carbonyl (C=O) groups is 2. The molecule has 1 saturated carbocycles. The average molecular weight is 295 g/mol. The lowest BCUT2D eigenvalue weighted by molar-refractivity contribution is -0.140. The van der Waals surface area contributed by atoms with E-state index in [1.54, 1.807) is 14.1 Å². The summed E-state index contributed by atoms with van der Waals surface area (Å²) >= 11 is 0. The van der Waals surface area contributed by atoms with Gasteiger partial charge in [0.2, 0.25) is 5.95 Å². The number of urea groups is 1. The summed E-state index contributed by atoms with van der Waals surface area (Å²) in [5, 5.41) is 15.7. The van der Waals surface area contributed by atoms with Gasteiger partial charge in [-0.25, -0.2) is 9.48 Å². The Balaban J connectivity index is 2.13. The summed E-state index contributed by atoms with van der Waals surface area (Å²) in [6.07, 6.45) is 5.70. The number of nitrogens with zero attached hydrogens (tertiary/aromatic N) is 4. The first-order valence-corrected chi connectivity index (χ1v) is 7.05. The number of aryl methyl sites for hydroxylation is 1. The standard InChI is InChI=1S/C13H21N5O3/c1-17(12(21)16-11-14-9-15-18(11)2)13(8-10(19)20)6-4-3-5-7-13/h9H,3-8H2,1-2H3,(H,19,20)(H,14,15,16,21). The molecule has 0 radical (unpaired) electrons. The lowest BCUT2D eigenvalue weighted by Gasteiger charge is -2.43. The second-order valence-electron chi connectivity index (χ2n) is 5.55. The maximum Gasteiger partial charge on any atom is 0.324 e. The third-order valence-corrected chi connectivity index (χ3v) is 4.21. The van der Waals surface area contributed by atoms with Gasteiger partial charge < -0.3 is 10.0 Å². The molecular formula is C13H21N5O3. The first kappa shape index (κ1) is 15.3. The molecule has 21 heavy (non-hydrogen) atoms. The Morgan fingerprint density at radius 3 is 2.62 bits per heavy atom. The molecule has 2 N–H and O–H groups in total. The van der Waals surface area contributed by atoms with E-state index in [9.17, 15) is 14.7 Å². The van der Waals surface area contributed by atoms with E-state index in [0.717, 1.165) is 19.3 Å². The monoisotopic (exact) mass is 295 g/mol. The molecule has 0 unspecified atom stereocenters. The second-order valence-corrected chi connectivity index (χ2v) is 5.55. The van der Waals surface area contributed by atoms with E-state index in [2.05, 4.69) is 15.4 Å². The highest BCUT2D eigenvalue weighted by Gasteiger charge is 2.40. The minimum absolute atomic E-state index is 0.0320.